The number of nitrogens with one attached hydrogen (secondary N) is 1. The van der Waals surface area contributed by atoms with Gasteiger partial charge in [-0.15, -0.1) is 11.8 Å². The lowest BCUT2D eigenvalue weighted by molar-refractivity contribution is -0.119. The number of nitrogens with zero attached hydrogens (tertiary/aromatic N) is 1. The Labute approximate surface area is 162 Å². The van der Waals surface area contributed by atoms with Crippen LogP contribution in [0.5, 0.6) is 0 Å². The third-order valence-corrected chi connectivity index (χ3v) is 5.55. The van der Waals surface area contributed by atoms with E-state index in [0.717, 1.165) is 24.2 Å². The summed E-state index contributed by atoms with van der Waals surface area (Å²) in [5.41, 5.74) is 1.69. The molecule has 7 heteroatoms. The van der Waals surface area contributed by atoms with E-state index in [-0.39, 0.29) is 17.9 Å². The molecule has 1 N–H and O–H groups in total. The summed E-state index contributed by atoms with van der Waals surface area (Å²) in [5, 5.41) is 3.78. The number of halogens is 1. The van der Waals surface area contributed by atoms with Gasteiger partial charge in [-0.25, -0.2) is 0 Å². The quantitative estimate of drug-likeness (QED) is 0.816. The minimum Gasteiger partial charge on any atom is -0.472 e. The van der Waals surface area contributed by atoms with Gasteiger partial charge in [0, 0.05) is 29.9 Å². The molecule has 0 spiro atoms. The van der Waals surface area contributed by atoms with Gasteiger partial charge in [0.05, 0.1) is 17.6 Å². The third-order valence-electron chi connectivity index (χ3n) is 4.31. The standard InChI is InChI=1S/C19H21ClN2O3S/c20-16-3-1-2-14(10-16)12-26-13-18(23)21-17-4-7-22(8-5-17)19(24)15-6-9-25-11-15/h1-3,6,9-11,17H,4-5,7-8,12-13H2,(H,21,23). The maximum absolute atomic E-state index is 12.3. The summed E-state index contributed by atoms with van der Waals surface area (Å²) in [6, 6.07) is 9.47. The van der Waals surface area contributed by atoms with Crippen LogP contribution in [0.25, 0.3) is 0 Å². The zero-order chi connectivity index (χ0) is 18.4. The van der Waals surface area contributed by atoms with E-state index < -0.39 is 0 Å². The minimum absolute atomic E-state index is 0.0133. The predicted molar refractivity (Wildman–Crippen MR) is 103 cm³/mol. The molecule has 0 bridgehead atoms. The van der Waals surface area contributed by atoms with E-state index in [1.807, 2.05) is 24.3 Å². The van der Waals surface area contributed by atoms with Crippen molar-refractivity contribution in [3.63, 3.8) is 0 Å². The van der Waals surface area contributed by atoms with Gasteiger partial charge in [-0.3, -0.25) is 9.59 Å². The van der Waals surface area contributed by atoms with E-state index in [0.29, 0.717) is 29.4 Å². The van der Waals surface area contributed by atoms with Gasteiger partial charge in [-0.1, -0.05) is 23.7 Å². The van der Waals surface area contributed by atoms with Crippen molar-refractivity contribution >= 4 is 35.2 Å². The van der Waals surface area contributed by atoms with Crippen molar-refractivity contribution in [3.8, 4) is 0 Å². The Morgan fingerprint density at radius 3 is 2.77 bits per heavy atom. The van der Waals surface area contributed by atoms with Crippen molar-refractivity contribution < 1.29 is 14.0 Å². The van der Waals surface area contributed by atoms with Crippen molar-refractivity contribution in [3.05, 3.63) is 59.0 Å². The molecule has 0 aliphatic carbocycles. The second kappa shape index (κ2) is 9.14. The largest absolute Gasteiger partial charge is 0.472 e. The molecule has 1 aromatic heterocycles. The Kier molecular flexibility index (Phi) is 6.63. The SMILES string of the molecule is O=C(CSCc1cccc(Cl)c1)NC1CCN(C(=O)c2ccoc2)CC1. The number of carbonyl (C=O) groups is 2. The molecule has 1 saturated heterocycles. The van der Waals surface area contributed by atoms with Crippen LogP contribution in [-0.2, 0) is 10.5 Å². The number of rotatable bonds is 6. The average molecular weight is 393 g/mol. The Morgan fingerprint density at radius 1 is 1.27 bits per heavy atom. The lowest BCUT2D eigenvalue weighted by Crippen LogP contribution is -2.46. The van der Waals surface area contributed by atoms with Crippen LogP contribution in [0.1, 0.15) is 28.8 Å². The van der Waals surface area contributed by atoms with Gasteiger partial charge in [0.25, 0.3) is 5.91 Å². The fourth-order valence-electron chi connectivity index (χ4n) is 2.95. The molecule has 0 saturated carbocycles. The van der Waals surface area contributed by atoms with Gasteiger partial charge in [0.2, 0.25) is 5.91 Å². The second-order valence-corrected chi connectivity index (χ2v) is 7.69. The van der Waals surface area contributed by atoms with Crippen LogP contribution in [0, 0.1) is 0 Å². The van der Waals surface area contributed by atoms with Gasteiger partial charge in [-0.2, -0.15) is 0 Å². The van der Waals surface area contributed by atoms with Crippen molar-refractivity contribution in [2.45, 2.75) is 24.6 Å². The fraction of sp³-hybridized carbons (Fsp3) is 0.368. The molecule has 1 aliphatic heterocycles. The van der Waals surface area contributed by atoms with Gasteiger partial charge >= 0.3 is 0 Å². The Hall–Kier alpha value is -1.92. The van der Waals surface area contributed by atoms with Gasteiger partial charge in [-0.05, 0) is 36.6 Å². The molecule has 5 nitrogen and oxygen atoms in total. The van der Waals surface area contributed by atoms with Gasteiger partial charge < -0.3 is 14.6 Å². The highest BCUT2D eigenvalue weighted by Gasteiger charge is 2.24. The van der Waals surface area contributed by atoms with E-state index in [1.165, 1.54) is 12.5 Å². The number of piperidine rings is 1. The topological polar surface area (TPSA) is 62.6 Å². The molecule has 1 aromatic carbocycles. The first-order chi connectivity index (χ1) is 12.6. The van der Waals surface area contributed by atoms with E-state index in [1.54, 1.807) is 22.7 Å². The third kappa shape index (κ3) is 5.29. The number of likely N-dealkylation sites (tertiary alicyclic amines) is 1. The number of hydrogen-bond acceptors (Lipinski definition) is 4. The highest BCUT2D eigenvalue weighted by atomic mass is 35.5. The second-order valence-electron chi connectivity index (χ2n) is 6.27. The summed E-state index contributed by atoms with van der Waals surface area (Å²) in [6.07, 6.45) is 4.51. The molecule has 3 rings (SSSR count). The molecule has 1 aliphatic rings. The van der Waals surface area contributed by atoms with Gasteiger partial charge in [0.15, 0.2) is 0 Å². The minimum atomic E-state index is -0.0133. The number of benzene rings is 1. The number of amides is 2. The molecular formula is C19H21ClN2O3S. The monoisotopic (exact) mass is 392 g/mol. The lowest BCUT2D eigenvalue weighted by atomic mass is 10.0. The fourth-order valence-corrected chi connectivity index (χ4v) is 3.95. The summed E-state index contributed by atoms with van der Waals surface area (Å²) in [4.78, 5) is 26.2. The maximum atomic E-state index is 12.3. The van der Waals surface area contributed by atoms with Crippen LogP contribution >= 0.6 is 23.4 Å². The summed E-state index contributed by atoms with van der Waals surface area (Å²) in [6.45, 7) is 1.29. The molecule has 2 amide bonds. The number of furan rings is 1. The van der Waals surface area contributed by atoms with E-state index in [2.05, 4.69) is 5.32 Å². The van der Waals surface area contributed by atoms with Crippen molar-refractivity contribution in [2.24, 2.45) is 0 Å². The van der Waals surface area contributed by atoms with E-state index in [4.69, 9.17) is 16.0 Å². The molecule has 26 heavy (non-hydrogen) atoms. The number of carbonyl (C=O) groups excluding carboxylic acids is 2. The zero-order valence-corrected chi connectivity index (χ0v) is 15.9. The normalized spacial score (nSPS) is 15.0. The highest BCUT2D eigenvalue weighted by molar-refractivity contribution is 7.99. The highest BCUT2D eigenvalue weighted by Crippen LogP contribution is 2.17. The lowest BCUT2D eigenvalue weighted by Gasteiger charge is -2.32. The van der Waals surface area contributed by atoms with Crippen LogP contribution in [0.4, 0.5) is 0 Å². The van der Waals surface area contributed by atoms with Crippen molar-refractivity contribution in [1.82, 2.24) is 10.2 Å². The Balaban J connectivity index is 1.36. The molecular weight excluding hydrogens is 372 g/mol. The van der Waals surface area contributed by atoms with Crippen LogP contribution in [-0.4, -0.2) is 41.6 Å². The first-order valence-corrected chi connectivity index (χ1v) is 10.1. The molecule has 0 radical (unpaired) electrons. The first-order valence-electron chi connectivity index (χ1n) is 8.55. The van der Waals surface area contributed by atoms with Crippen LogP contribution in [0.2, 0.25) is 5.02 Å². The molecule has 2 aromatic rings. The van der Waals surface area contributed by atoms with Crippen molar-refractivity contribution in [2.75, 3.05) is 18.8 Å². The molecule has 0 unspecified atom stereocenters. The number of hydrogen-bond donors (Lipinski definition) is 1. The smallest absolute Gasteiger partial charge is 0.257 e. The maximum Gasteiger partial charge on any atom is 0.257 e. The zero-order valence-electron chi connectivity index (χ0n) is 14.3. The van der Waals surface area contributed by atoms with Gasteiger partial charge in [0.1, 0.15) is 6.26 Å². The summed E-state index contributed by atoms with van der Waals surface area (Å²) >= 11 is 7.53. The predicted octanol–water partition coefficient (Wildman–Crippen LogP) is 3.59. The van der Waals surface area contributed by atoms with E-state index >= 15 is 0 Å². The van der Waals surface area contributed by atoms with Crippen LogP contribution < -0.4 is 5.32 Å². The molecule has 0 atom stereocenters. The summed E-state index contributed by atoms with van der Waals surface area (Å²) in [5.74, 6) is 1.20. The summed E-state index contributed by atoms with van der Waals surface area (Å²) in [7, 11) is 0. The Morgan fingerprint density at radius 2 is 2.08 bits per heavy atom. The summed E-state index contributed by atoms with van der Waals surface area (Å²) < 4.78 is 4.96. The first kappa shape index (κ1) is 18.9. The van der Waals surface area contributed by atoms with E-state index in [9.17, 15) is 9.59 Å². The molecule has 138 valence electrons. The van der Waals surface area contributed by atoms with Crippen LogP contribution in [0.15, 0.2) is 47.3 Å². The average Bonchev–Trinajstić information content (AvgIpc) is 3.16. The van der Waals surface area contributed by atoms with Crippen molar-refractivity contribution in [1.29, 1.82) is 0 Å². The number of thioether (sulfide) groups is 1. The Bertz CT molecular complexity index is 743. The molecule has 1 fully saturated rings. The van der Waals surface area contributed by atoms with Crippen LogP contribution in [0.3, 0.4) is 0 Å². The molecule has 2 heterocycles.